The van der Waals surface area contributed by atoms with E-state index in [1.165, 1.54) is 0 Å². The van der Waals surface area contributed by atoms with E-state index in [1.807, 2.05) is 32.9 Å². The fourth-order valence-electron chi connectivity index (χ4n) is 3.47. The van der Waals surface area contributed by atoms with E-state index in [2.05, 4.69) is 16.3 Å². The molecule has 0 bridgehead atoms. The molecule has 2 rings (SSSR count). The molecule has 0 aromatic heterocycles. The highest BCUT2D eigenvalue weighted by atomic mass is 16.4. The van der Waals surface area contributed by atoms with Gasteiger partial charge < -0.3 is 10.4 Å². The number of carbonyl (C=O) groups excluding carboxylic acids is 1. The average molecular weight is 332 g/mol. The number of hydrogen-bond acceptors (Lipinski definition) is 3. The summed E-state index contributed by atoms with van der Waals surface area (Å²) in [7, 11) is 0. The predicted octanol–water partition coefficient (Wildman–Crippen LogP) is 3.21. The molecule has 0 radical (unpaired) electrons. The van der Waals surface area contributed by atoms with E-state index in [0.29, 0.717) is 12.3 Å². The maximum Gasteiger partial charge on any atom is 0.303 e. The van der Waals surface area contributed by atoms with Crippen molar-refractivity contribution in [1.29, 1.82) is 0 Å². The molecule has 132 valence electrons. The molecule has 1 heterocycles. The van der Waals surface area contributed by atoms with Crippen molar-refractivity contribution in [3.8, 4) is 0 Å². The van der Waals surface area contributed by atoms with Crippen LogP contribution in [0.2, 0.25) is 0 Å². The predicted molar refractivity (Wildman–Crippen MR) is 95.2 cm³/mol. The van der Waals surface area contributed by atoms with Gasteiger partial charge in [0.1, 0.15) is 0 Å². The zero-order valence-corrected chi connectivity index (χ0v) is 14.8. The molecule has 24 heavy (non-hydrogen) atoms. The quantitative estimate of drug-likeness (QED) is 0.839. The second kappa shape index (κ2) is 8.29. The average Bonchev–Trinajstić information content (AvgIpc) is 2.51. The highest BCUT2D eigenvalue weighted by molar-refractivity contribution is 5.94. The molecular formula is C19H28N2O3. The maximum absolute atomic E-state index is 12.6. The van der Waals surface area contributed by atoms with Gasteiger partial charge in [0.25, 0.3) is 0 Å². The molecule has 0 saturated carbocycles. The summed E-state index contributed by atoms with van der Waals surface area (Å²) in [5.41, 5.74) is 3.10. The lowest BCUT2D eigenvalue weighted by molar-refractivity contribution is -0.137. The third kappa shape index (κ3) is 5.34. The summed E-state index contributed by atoms with van der Waals surface area (Å²) in [5, 5.41) is 11.8. The van der Waals surface area contributed by atoms with Gasteiger partial charge >= 0.3 is 5.97 Å². The summed E-state index contributed by atoms with van der Waals surface area (Å²) in [5.74, 6) is -0.377. The van der Waals surface area contributed by atoms with Crippen molar-refractivity contribution in [3.63, 3.8) is 0 Å². The van der Waals surface area contributed by atoms with Crippen LogP contribution in [0, 0.1) is 19.8 Å². The normalized spacial score (nSPS) is 19.7. The zero-order valence-electron chi connectivity index (χ0n) is 14.8. The number of carboxylic acid groups (broad SMARTS) is 1. The number of aliphatic carboxylic acids is 1. The van der Waals surface area contributed by atoms with Crippen molar-refractivity contribution < 1.29 is 14.7 Å². The maximum atomic E-state index is 12.6. The van der Waals surface area contributed by atoms with Gasteiger partial charge in [0, 0.05) is 18.7 Å². The van der Waals surface area contributed by atoms with Crippen LogP contribution in [-0.4, -0.2) is 41.0 Å². The largest absolute Gasteiger partial charge is 0.481 e. The number of anilines is 1. The first-order chi connectivity index (χ1) is 11.3. The standard InChI is InChI=1S/C19H28N2O3/c1-13-9-14(2)11-17(10-13)20-19(24)15(3)21-8-4-5-16(12-21)6-7-18(22)23/h9-11,15-16H,4-8,12H2,1-3H3,(H,20,24)(H,22,23). The minimum Gasteiger partial charge on any atom is -0.481 e. The van der Waals surface area contributed by atoms with Crippen molar-refractivity contribution in [2.24, 2.45) is 5.92 Å². The molecule has 0 spiro atoms. The Kier molecular flexibility index (Phi) is 6.37. The Hall–Kier alpha value is -1.88. The molecular weight excluding hydrogens is 304 g/mol. The summed E-state index contributed by atoms with van der Waals surface area (Å²) in [6.07, 6.45) is 2.97. The Morgan fingerprint density at radius 2 is 1.96 bits per heavy atom. The van der Waals surface area contributed by atoms with Gasteiger partial charge in [-0.25, -0.2) is 0 Å². The van der Waals surface area contributed by atoms with E-state index in [9.17, 15) is 9.59 Å². The number of carbonyl (C=O) groups is 2. The van der Waals surface area contributed by atoms with Crippen LogP contribution in [0.15, 0.2) is 18.2 Å². The van der Waals surface area contributed by atoms with E-state index in [4.69, 9.17) is 5.11 Å². The molecule has 1 aromatic rings. The van der Waals surface area contributed by atoms with Crippen LogP contribution >= 0.6 is 0 Å². The molecule has 5 heteroatoms. The van der Waals surface area contributed by atoms with Crippen LogP contribution in [0.3, 0.4) is 0 Å². The van der Waals surface area contributed by atoms with Crippen molar-refractivity contribution in [1.82, 2.24) is 4.90 Å². The minimum atomic E-state index is -0.743. The van der Waals surface area contributed by atoms with Crippen LogP contribution < -0.4 is 5.32 Å². The van der Waals surface area contributed by atoms with Crippen LogP contribution in [0.5, 0.6) is 0 Å². The Balaban J connectivity index is 1.93. The Morgan fingerprint density at radius 1 is 1.29 bits per heavy atom. The van der Waals surface area contributed by atoms with Gasteiger partial charge in [-0.2, -0.15) is 0 Å². The van der Waals surface area contributed by atoms with E-state index in [1.54, 1.807) is 0 Å². The molecule has 1 fully saturated rings. The van der Waals surface area contributed by atoms with Crippen LogP contribution in [0.1, 0.15) is 43.7 Å². The van der Waals surface area contributed by atoms with Gasteiger partial charge in [-0.15, -0.1) is 0 Å². The van der Waals surface area contributed by atoms with Gasteiger partial charge in [0.2, 0.25) is 5.91 Å². The first-order valence-corrected chi connectivity index (χ1v) is 8.70. The lowest BCUT2D eigenvalue weighted by Gasteiger charge is -2.36. The van der Waals surface area contributed by atoms with E-state index in [0.717, 1.165) is 42.7 Å². The molecule has 1 aliphatic heterocycles. The molecule has 2 atom stereocenters. The Bertz CT molecular complexity index is 580. The lowest BCUT2D eigenvalue weighted by Crippen LogP contribution is -2.47. The van der Waals surface area contributed by atoms with Crippen LogP contribution in [0.25, 0.3) is 0 Å². The highest BCUT2D eigenvalue weighted by Gasteiger charge is 2.27. The van der Waals surface area contributed by atoms with Crippen LogP contribution in [0.4, 0.5) is 5.69 Å². The third-order valence-electron chi connectivity index (χ3n) is 4.73. The number of benzene rings is 1. The zero-order chi connectivity index (χ0) is 17.7. The first-order valence-electron chi connectivity index (χ1n) is 8.70. The van der Waals surface area contributed by atoms with E-state index >= 15 is 0 Å². The summed E-state index contributed by atoms with van der Waals surface area (Å²) >= 11 is 0. The van der Waals surface area contributed by atoms with Gasteiger partial charge in [-0.3, -0.25) is 14.5 Å². The molecule has 1 aliphatic rings. The first kappa shape index (κ1) is 18.5. The van der Waals surface area contributed by atoms with Crippen LogP contribution in [-0.2, 0) is 9.59 Å². The number of rotatable bonds is 6. The number of amides is 1. The van der Waals surface area contributed by atoms with Crippen molar-refractivity contribution in [2.45, 2.75) is 52.5 Å². The summed E-state index contributed by atoms with van der Waals surface area (Å²) in [6.45, 7) is 7.66. The Labute approximate surface area is 144 Å². The molecule has 1 aromatic carbocycles. The second-order valence-electron chi connectivity index (χ2n) is 6.98. The summed E-state index contributed by atoms with van der Waals surface area (Å²) in [4.78, 5) is 25.5. The van der Waals surface area contributed by atoms with Gasteiger partial charge in [-0.1, -0.05) is 6.07 Å². The van der Waals surface area contributed by atoms with Crippen molar-refractivity contribution in [2.75, 3.05) is 18.4 Å². The molecule has 2 unspecified atom stereocenters. The number of carboxylic acids is 1. The second-order valence-corrected chi connectivity index (χ2v) is 6.98. The molecule has 0 aliphatic carbocycles. The fourth-order valence-corrected chi connectivity index (χ4v) is 3.47. The van der Waals surface area contributed by atoms with Gasteiger partial charge in [-0.05, 0) is 75.8 Å². The molecule has 1 saturated heterocycles. The number of piperidine rings is 1. The van der Waals surface area contributed by atoms with Crippen molar-refractivity contribution >= 4 is 17.6 Å². The van der Waals surface area contributed by atoms with Crippen molar-refractivity contribution in [3.05, 3.63) is 29.3 Å². The lowest BCUT2D eigenvalue weighted by atomic mass is 9.92. The number of likely N-dealkylation sites (tertiary alicyclic amines) is 1. The monoisotopic (exact) mass is 332 g/mol. The SMILES string of the molecule is Cc1cc(C)cc(NC(=O)C(C)N2CCCC(CCC(=O)O)C2)c1. The topological polar surface area (TPSA) is 69.6 Å². The molecule has 2 N–H and O–H groups in total. The molecule has 1 amide bonds. The summed E-state index contributed by atoms with van der Waals surface area (Å²) in [6, 6.07) is 5.82. The molecule has 5 nitrogen and oxygen atoms in total. The third-order valence-corrected chi connectivity index (χ3v) is 4.73. The van der Waals surface area contributed by atoms with Gasteiger partial charge in [0.05, 0.1) is 6.04 Å². The summed E-state index contributed by atoms with van der Waals surface area (Å²) < 4.78 is 0. The van der Waals surface area contributed by atoms with E-state index in [-0.39, 0.29) is 18.4 Å². The fraction of sp³-hybridized carbons (Fsp3) is 0.579. The number of hydrogen-bond donors (Lipinski definition) is 2. The number of nitrogens with zero attached hydrogens (tertiary/aromatic N) is 1. The number of aryl methyl sites for hydroxylation is 2. The van der Waals surface area contributed by atoms with Gasteiger partial charge in [0.15, 0.2) is 0 Å². The Morgan fingerprint density at radius 3 is 2.58 bits per heavy atom. The minimum absolute atomic E-state index is 0.00103. The number of nitrogens with one attached hydrogen (secondary N) is 1. The smallest absolute Gasteiger partial charge is 0.303 e. The van der Waals surface area contributed by atoms with E-state index < -0.39 is 5.97 Å². The highest BCUT2D eigenvalue weighted by Crippen LogP contribution is 2.23.